The molecule has 0 saturated carbocycles. The van der Waals surface area contributed by atoms with Gasteiger partial charge in [-0.15, -0.1) is 0 Å². The molecule has 1 unspecified atom stereocenters. The summed E-state index contributed by atoms with van der Waals surface area (Å²) >= 11 is 1.05. The van der Waals surface area contributed by atoms with Crippen molar-refractivity contribution in [2.75, 3.05) is 0 Å². The van der Waals surface area contributed by atoms with Gasteiger partial charge in [0.15, 0.2) is 5.17 Å². The summed E-state index contributed by atoms with van der Waals surface area (Å²) in [5.41, 5.74) is 0.952. The van der Waals surface area contributed by atoms with Crippen LogP contribution in [0.1, 0.15) is 31.9 Å². The molecule has 2 N–H and O–H groups in total. The van der Waals surface area contributed by atoms with E-state index in [1.165, 1.54) is 0 Å². The first kappa shape index (κ1) is 14.6. The second kappa shape index (κ2) is 5.66. The first-order valence-corrected chi connectivity index (χ1v) is 7.05. The van der Waals surface area contributed by atoms with Gasteiger partial charge in [-0.3, -0.25) is 14.6 Å². The highest BCUT2D eigenvalue weighted by atomic mass is 32.2. The molecular formula is C14H16N2O3S. The van der Waals surface area contributed by atoms with Crippen LogP contribution in [0, 0.1) is 0 Å². The number of hydrogen-bond acceptors (Lipinski definition) is 4. The van der Waals surface area contributed by atoms with Gasteiger partial charge in [0.05, 0.1) is 12.5 Å². The van der Waals surface area contributed by atoms with Gasteiger partial charge in [0.25, 0.3) is 0 Å². The fourth-order valence-electron chi connectivity index (χ4n) is 1.77. The van der Waals surface area contributed by atoms with E-state index in [0.717, 1.165) is 17.3 Å². The summed E-state index contributed by atoms with van der Waals surface area (Å²) in [6, 6.07) is 9.27. The topological polar surface area (TPSA) is 78.8 Å². The number of benzene rings is 1. The van der Waals surface area contributed by atoms with Crippen LogP contribution < -0.4 is 5.32 Å². The SMILES string of the molecule is CC(C)(SC1=NC(c2ccccc2)CC(=O)N1)C(=O)O. The lowest BCUT2D eigenvalue weighted by Crippen LogP contribution is -2.39. The molecule has 2 rings (SSSR count). The van der Waals surface area contributed by atoms with Crippen LogP contribution in [0.2, 0.25) is 0 Å². The third-order valence-electron chi connectivity index (χ3n) is 2.95. The first-order chi connectivity index (χ1) is 9.38. The molecule has 0 aromatic heterocycles. The highest BCUT2D eigenvalue weighted by molar-refractivity contribution is 8.15. The Morgan fingerprint density at radius 2 is 2.05 bits per heavy atom. The Kier molecular flexibility index (Phi) is 4.13. The van der Waals surface area contributed by atoms with Crippen molar-refractivity contribution in [3.8, 4) is 0 Å². The molecule has 0 saturated heterocycles. The van der Waals surface area contributed by atoms with E-state index in [0.29, 0.717) is 5.17 Å². The number of carbonyl (C=O) groups is 2. The average Bonchev–Trinajstić information content (AvgIpc) is 2.38. The van der Waals surface area contributed by atoms with E-state index >= 15 is 0 Å². The maximum Gasteiger partial charge on any atom is 0.319 e. The quantitative estimate of drug-likeness (QED) is 0.895. The maximum absolute atomic E-state index is 11.8. The molecule has 106 valence electrons. The fraction of sp³-hybridized carbons (Fsp3) is 0.357. The van der Waals surface area contributed by atoms with Crippen molar-refractivity contribution in [3.63, 3.8) is 0 Å². The number of nitrogens with one attached hydrogen (secondary N) is 1. The zero-order chi connectivity index (χ0) is 14.8. The lowest BCUT2D eigenvalue weighted by Gasteiger charge is -2.25. The second-order valence-electron chi connectivity index (χ2n) is 5.03. The molecule has 0 spiro atoms. The molecule has 0 radical (unpaired) electrons. The number of carboxylic acid groups (broad SMARTS) is 1. The lowest BCUT2D eigenvalue weighted by molar-refractivity contribution is -0.138. The standard InChI is InChI=1S/C14H16N2O3S/c1-14(2,12(18)19)20-13-15-10(8-11(17)16-13)9-6-4-3-5-7-9/h3-7,10H,8H2,1-2H3,(H,18,19)(H,15,16,17). The van der Waals surface area contributed by atoms with Crippen LogP contribution in [0.3, 0.4) is 0 Å². The summed E-state index contributed by atoms with van der Waals surface area (Å²) in [5.74, 6) is -1.08. The van der Waals surface area contributed by atoms with Gasteiger partial charge in [-0.25, -0.2) is 0 Å². The van der Waals surface area contributed by atoms with E-state index in [9.17, 15) is 9.59 Å². The van der Waals surface area contributed by atoms with Gasteiger partial charge in [0, 0.05) is 0 Å². The smallest absolute Gasteiger partial charge is 0.319 e. The lowest BCUT2D eigenvalue weighted by atomic mass is 10.0. The summed E-state index contributed by atoms with van der Waals surface area (Å²) in [5, 5.41) is 12.1. The number of carboxylic acids is 1. The van der Waals surface area contributed by atoms with Crippen LogP contribution in [0.4, 0.5) is 0 Å². The van der Waals surface area contributed by atoms with Crippen molar-refractivity contribution in [2.24, 2.45) is 4.99 Å². The second-order valence-corrected chi connectivity index (χ2v) is 6.64. The molecular weight excluding hydrogens is 276 g/mol. The highest BCUT2D eigenvalue weighted by Crippen LogP contribution is 2.30. The maximum atomic E-state index is 11.8. The molecule has 1 amide bonds. The Labute approximate surface area is 121 Å². The van der Waals surface area contributed by atoms with E-state index in [2.05, 4.69) is 10.3 Å². The van der Waals surface area contributed by atoms with Crippen LogP contribution >= 0.6 is 11.8 Å². The molecule has 1 heterocycles. The highest BCUT2D eigenvalue weighted by Gasteiger charge is 2.33. The Hall–Kier alpha value is -1.82. The third kappa shape index (κ3) is 3.39. The summed E-state index contributed by atoms with van der Waals surface area (Å²) in [6.07, 6.45) is 0.279. The number of carbonyl (C=O) groups excluding carboxylic acids is 1. The van der Waals surface area contributed by atoms with Gasteiger partial charge in [-0.1, -0.05) is 42.1 Å². The van der Waals surface area contributed by atoms with Gasteiger partial charge in [0.2, 0.25) is 5.91 Å². The minimum atomic E-state index is -1.04. The molecule has 0 fully saturated rings. The number of hydrogen-bond donors (Lipinski definition) is 2. The number of nitrogens with zero attached hydrogens (tertiary/aromatic N) is 1. The van der Waals surface area contributed by atoms with Gasteiger partial charge in [0.1, 0.15) is 4.75 Å². The van der Waals surface area contributed by atoms with Crippen molar-refractivity contribution >= 4 is 28.8 Å². The summed E-state index contributed by atoms with van der Waals surface area (Å²) in [6.45, 7) is 3.17. The molecule has 5 nitrogen and oxygen atoms in total. The van der Waals surface area contributed by atoms with Crippen molar-refractivity contribution in [2.45, 2.75) is 31.1 Å². The number of amides is 1. The number of amidine groups is 1. The van der Waals surface area contributed by atoms with Crippen molar-refractivity contribution in [1.29, 1.82) is 0 Å². The normalized spacial score (nSPS) is 19.2. The number of aliphatic carboxylic acids is 1. The molecule has 1 aromatic rings. The monoisotopic (exact) mass is 292 g/mol. The first-order valence-electron chi connectivity index (χ1n) is 6.23. The zero-order valence-electron chi connectivity index (χ0n) is 11.3. The van der Waals surface area contributed by atoms with E-state index in [-0.39, 0.29) is 18.4 Å². The van der Waals surface area contributed by atoms with Crippen molar-refractivity contribution in [1.82, 2.24) is 5.32 Å². The van der Waals surface area contributed by atoms with Crippen LogP contribution in [-0.4, -0.2) is 26.9 Å². The number of rotatable bonds is 3. The summed E-state index contributed by atoms with van der Waals surface area (Å²) in [4.78, 5) is 27.4. The van der Waals surface area contributed by atoms with Crippen LogP contribution in [0.25, 0.3) is 0 Å². The molecule has 1 atom stereocenters. The van der Waals surface area contributed by atoms with Gasteiger partial charge in [-0.2, -0.15) is 0 Å². The molecule has 0 bridgehead atoms. The third-order valence-corrected chi connectivity index (χ3v) is 4.04. The van der Waals surface area contributed by atoms with Gasteiger partial charge in [-0.05, 0) is 19.4 Å². The summed E-state index contributed by atoms with van der Waals surface area (Å²) < 4.78 is -1.04. The van der Waals surface area contributed by atoms with Crippen LogP contribution in [0.5, 0.6) is 0 Å². The summed E-state index contributed by atoms with van der Waals surface area (Å²) in [7, 11) is 0. The molecule has 1 aliphatic rings. The number of thioether (sulfide) groups is 1. The minimum Gasteiger partial charge on any atom is -0.480 e. The average molecular weight is 292 g/mol. The van der Waals surface area contributed by atoms with E-state index in [1.807, 2.05) is 30.3 Å². The zero-order valence-corrected chi connectivity index (χ0v) is 12.1. The molecule has 20 heavy (non-hydrogen) atoms. The predicted molar refractivity (Wildman–Crippen MR) is 78.7 cm³/mol. The fourth-order valence-corrected chi connectivity index (χ4v) is 2.69. The van der Waals surface area contributed by atoms with E-state index < -0.39 is 10.7 Å². The number of aliphatic imine (C=N–C) groups is 1. The Balaban J connectivity index is 2.23. The largest absolute Gasteiger partial charge is 0.480 e. The van der Waals surface area contributed by atoms with Crippen molar-refractivity contribution in [3.05, 3.63) is 35.9 Å². The molecule has 1 aromatic carbocycles. The molecule has 1 aliphatic heterocycles. The van der Waals surface area contributed by atoms with Crippen molar-refractivity contribution < 1.29 is 14.7 Å². The molecule has 6 heteroatoms. The van der Waals surface area contributed by atoms with E-state index in [1.54, 1.807) is 13.8 Å². The van der Waals surface area contributed by atoms with Gasteiger partial charge < -0.3 is 10.4 Å². The van der Waals surface area contributed by atoms with Crippen LogP contribution in [0.15, 0.2) is 35.3 Å². The Bertz CT molecular complexity index is 555. The Morgan fingerprint density at radius 3 is 2.65 bits per heavy atom. The minimum absolute atomic E-state index is 0.141. The Morgan fingerprint density at radius 1 is 1.40 bits per heavy atom. The molecule has 0 aliphatic carbocycles. The van der Waals surface area contributed by atoms with Gasteiger partial charge >= 0.3 is 5.97 Å². The van der Waals surface area contributed by atoms with E-state index in [4.69, 9.17) is 5.11 Å². The van der Waals surface area contributed by atoms with Crippen LogP contribution in [-0.2, 0) is 9.59 Å². The predicted octanol–water partition coefficient (Wildman–Crippen LogP) is 2.20.